The Morgan fingerprint density at radius 1 is 1.38 bits per heavy atom. The standard InChI is InChI=1S/C15H26N2O4/c1-15(2,10-5-4-6-16-8-10)14(20)17-9-11(21-3)7-12(17)13(18)19/h10-12,16H,4-9H2,1-3H3,(H,18,19). The van der Waals surface area contributed by atoms with Crippen LogP contribution in [0.2, 0.25) is 0 Å². The highest BCUT2D eigenvalue weighted by Gasteiger charge is 2.47. The molecule has 0 aromatic heterocycles. The van der Waals surface area contributed by atoms with Crippen LogP contribution in [0.5, 0.6) is 0 Å². The van der Waals surface area contributed by atoms with Crippen molar-refractivity contribution in [2.24, 2.45) is 11.3 Å². The number of nitrogens with zero attached hydrogens (tertiary/aromatic N) is 1. The van der Waals surface area contributed by atoms with Crippen molar-refractivity contribution in [1.29, 1.82) is 0 Å². The Hall–Kier alpha value is -1.14. The number of carboxylic acid groups (broad SMARTS) is 1. The van der Waals surface area contributed by atoms with Crippen molar-refractivity contribution in [3.63, 3.8) is 0 Å². The first-order valence-corrected chi connectivity index (χ1v) is 7.65. The van der Waals surface area contributed by atoms with E-state index < -0.39 is 17.4 Å². The second kappa shape index (κ2) is 6.32. The van der Waals surface area contributed by atoms with E-state index in [0.717, 1.165) is 25.9 Å². The lowest BCUT2D eigenvalue weighted by Crippen LogP contribution is -2.51. The highest BCUT2D eigenvalue weighted by Crippen LogP contribution is 2.36. The molecule has 1 amide bonds. The van der Waals surface area contributed by atoms with Crippen LogP contribution in [0, 0.1) is 11.3 Å². The van der Waals surface area contributed by atoms with Crippen molar-refractivity contribution >= 4 is 11.9 Å². The minimum absolute atomic E-state index is 0.0665. The van der Waals surface area contributed by atoms with Crippen molar-refractivity contribution < 1.29 is 19.4 Å². The SMILES string of the molecule is COC1CC(C(=O)O)N(C(=O)C(C)(C)C2CCCNC2)C1. The van der Waals surface area contributed by atoms with E-state index in [-0.39, 0.29) is 17.9 Å². The van der Waals surface area contributed by atoms with Crippen molar-refractivity contribution in [2.75, 3.05) is 26.7 Å². The largest absolute Gasteiger partial charge is 0.480 e. The second-order valence-corrected chi connectivity index (χ2v) is 6.67. The summed E-state index contributed by atoms with van der Waals surface area (Å²) in [6.07, 6.45) is 2.25. The molecule has 120 valence electrons. The molecule has 0 aromatic carbocycles. The fourth-order valence-corrected chi connectivity index (χ4v) is 3.44. The number of carboxylic acids is 1. The third kappa shape index (κ3) is 3.21. The van der Waals surface area contributed by atoms with Gasteiger partial charge in [0, 0.05) is 25.5 Å². The maximum Gasteiger partial charge on any atom is 0.326 e. The number of nitrogens with one attached hydrogen (secondary N) is 1. The lowest BCUT2D eigenvalue weighted by atomic mass is 9.74. The molecule has 2 rings (SSSR count). The number of amides is 1. The summed E-state index contributed by atoms with van der Waals surface area (Å²) in [5, 5.41) is 12.7. The molecule has 0 aliphatic carbocycles. The molecular weight excluding hydrogens is 272 g/mol. The summed E-state index contributed by atoms with van der Waals surface area (Å²) in [6, 6.07) is -0.765. The average molecular weight is 298 g/mol. The maximum atomic E-state index is 12.9. The normalized spacial score (nSPS) is 30.4. The van der Waals surface area contributed by atoms with E-state index in [1.54, 1.807) is 7.11 Å². The van der Waals surface area contributed by atoms with Gasteiger partial charge < -0.3 is 20.1 Å². The number of piperidine rings is 1. The summed E-state index contributed by atoms with van der Waals surface area (Å²) in [5.74, 6) is -0.765. The van der Waals surface area contributed by atoms with Gasteiger partial charge in [-0.1, -0.05) is 13.8 Å². The van der Waals surface area contributed by atoms with Crippen molar-refractivity contribution in [2.45, 2.75) is 45.3 Å². The Balaban J connectivity index is 2.14. The van der Waals surface area contributed by atoms with Gasteiger partial charge in [0.25, 0.3) is 0 Å². The third-order valence-electron chi connectivity index (χ3n) is 5.01. The summed E-state index contributed by atoms with van der Waals surface area (Å²) < 4.78 is 5.26. The topological polar surface area (TPSA) is 78.9 Å². The number of ether oxygens (including phenoxy) is 1. The van der Waals surface area contributed by atoms with Crippen LogP contribution in [0.4, 0.5) is 0 Å². The predicted molar refractivity (Wildman–Crippen MR) is 77.9 cm³/mol. The van der Waals surface area contributed by atoms with Gasteiger partial charge in [-0.15, -0.1) is 0 Å². The molecule has 0 aromatic rings. The van der Waals surface area contributed by atoms with Gasteiger partial charge in [-0.2, -0.15) is 0 Å². The van der Waals surface area contributed by atoms with Gasteiger partial charge in [0.05, 0.1) is 6.10 Å². The fraction of sp³-hybridized carbons (Fsp3) is 0.867. The van der Waals surface area contributed by atoms with E-state index in [1.807, 2.05) is 13.8 Å². The van der Waals surface area contributed by atoms with Crippen LogP contribution in [0.15, 0.2) is 0 Å². The lowest BCUT2D eigenvalue weighted by Gasteiger charge is -2.39. The van der Waals surface area contributed by atoms with Crippen molar-refractivity contribution in [3.05, 3.63) is 0 Å². The maximum absolute atomic E-state index is 12.9. The third-order valence-corrected chi connectivity index (χ3v) is 5.01. The lowest BCUT2D eigenvalue weighted by molar-refractivity contribution is -0.154. The van der Waals surface area contributed by atoms with E-state index in [4.69, 9.17) is 4.74 Å². The van der Waals surface area contributed by atoms with Crippen LogP contribution in [0.25, 0.3) is 0 Å². The van der Waals surface area contributed by atoms with Crippen LogP contribution in [-0.4, -0.2) is 60.8 Å². The predicted octanol–water partition coefficient (Wildman–Crippen LogP) is 0.713. The van der Waals surface area contributed by atoms with Gasteiger partial charge in [-0.25, -0.2) is 4.79 Å². The molecule has 6 nitrogen and oxygen atoms in total. The molecule has 2 fully saturated rings. The van der Waals surface area contributed by atoms with Gasteiger partial charge in [-0.3, -0.25) is 4.79 Å². The fourth-order valence-electron chi connectivity index (χ4n) is 3.44. The molecule has 21 heavy (non-hydrogen) atoms. The van der Waals surface area contributed by atoms with Crippen molar-refractivity contribution in [1.82, 2.24) is 10.2 Å². The Bertz CT molecular complexity index is 404. The van der Waals surface area contributed by atoms with E-state index in [2.05, 4.69) is 5.32 Å². The number of methoxy groups -OCH3 is 1. The van der Waals surface area contributed by atoms with E-state index in [0.29, 0.717) is 13.0 Å². The molecule has 0 radical (unpaired) electrons. The molecule has 0 bridgehead atoms. The van der Waals surface area contributed by atoms with E-state index >= 15 is 0 Å². The Morgan fingerprint density at radius 3 is 2.62 bits per heavy atom. The first kappa shape index (κ1) is 16.2. The summed E-state index contributed by atoms with van der Waals surface area (Å²) in [7, 11) is 1.56. The van der Waals surface area contributed by atoms with Gasteiger partial charge in [-0.05, 0) is 31.8 Å². The van der Waals surface area contributed by atoms with Crippen LogP contribution in [0.1, 0.15) is 33.1 Å². The second-order valence-electron chi connectivity index (χ2n) is 6.67. The van der Waals surface area contributed by atoms with Gasteiger partial charge in [0.1, 0.15) is 6.04 Å². The van der Waals surface area contributed by atoms with Crippen LogP contribution >= 0.6 is 0 Å². The number of carbonyl (C=O) groups is 2. The molecular formula is C15H26N2O4. The summed E-state index contributed by atoms with van der Waals surface area (Å²) >= 11 is 0. The Labute approximate surface area is 125 Å². The monoisotopic (exact) mass is 298 g/mol. The highest BCUT2D eigenvalue weighted by molar-refractivity contribution is 5.88. The molecule has 2 saturated heterocycles. The Kier molecular flexibility index (Phi) is 4.88. The number of hydrogen-bond donors (Lipinski definition) is 2. The molecule has 2 N–H and O–H groups in total. The summed E-state index contributed by atoms with van der Waals surface area (Å²) in [4.78, 5) is 25.8. The highest BCUT2D eigenvalue weighted by atomic mass is 16.5. The van der Waals surface area contributed by atoms with E-state index in [1.165, 1.54) is 4.90 Å². The first-order chi connectivity index (χ1) is 9.87. The molecule has 3 atom stereocenters. The number of aliphatic carboxylic acids is 1. The van der Waals surface area contributed by atoms with Crippen molar-refractivity contribution in [3.8, 4) is 0 Å². The van der Waals surface area contributed by atoms with Crippen LogP contribution in [-0.2, 0) is 14.3 Å². The zero-order chi connectivity index (χ0) is 15.6. The number of likely N-dealkylation sites (tertiary alicyclic amines) is 1. The zero-order valence-electron chi connectivity index (χ0n) is 13.1. The van der Waals surface area contributed by atoms with Gasteiger partial charge >= 0.3 is 5.97 Å². The van der Waals surface area contributed by atoms with Gasteiger partial charge in [0.2, 0.25) is 5.91 Å². The molecule has 2 aliphatic heterocycles. The number of rotatable bonds is 4. The minimum Gasteiger partial charge on any atom is -0.480 e. The first-order valence-electron chi connectivity index (χ1n) is 7.65. The quantitative estimate of drug-likeness (QED) is 0.799. The summed E-state index contributed by atoms with van der Waals surface area (Å²) in [5.41, 5.74) is -0.552. The minimum atomic E-state index is -0.944. The number of hydrogen-bond acceptors (Lipinski definition) is 4. The zero-order valence-corrected chi connectivity index (χ0v) is 13.1. The molecule has 0 spiro atoms. The molecule has 2 aliphatic rings. The smallest absolute Gasteiger partial charge is 0.326 e. The van der Waals surface area contributed by atoms with E-state index in [9.17, 15) is 14.7 Å². The summed E-state index contributed by atoms with van der Waals surface area (Å²) in [6.45, 7) is 6.06. The molecule has 3 unspecified atom stereocenters. The van der Waals surface area contributed by atoms with Gasteiger partial charge in [0.15, 0.2) is 0 Å². The average Bonchev–Trinajstić information content (AvgIpc) is 2.91. The number of carbonyl (C=O) groups excluding carboxylic acids is 1. The molecule has 6 heteroatoms. The van der Waals surface area contributed by atoms with Crippen LogP contribution in [0.3, 0.4) is 0 Å². The molecule has 0 saturated carbocycles. The Morgan fingerprint density at radius 2 is 2.10 bits per heavy atom. The molecule has 2 heterocycles. The van der Waals surface area contributed by atoms with Crippen LogP contribution < -0.4 is 5.32 Å².